The van der Waals surface area contributed by atoms with Gasteiger partial charge in [-0.15, -0.1) is 11.3 Å². The zero-order chi connectivity index (χ0) is 12.5. The van der Waals surface area contributed by atoms with Crippen LogP contribution < -0.4 is 0 Å². The molecule has 0 fully saturated rings. The van der Waals surface area contributed by atoms with E-state index >= 15 is 0 Å². The highest BCUT2D eigenvalue weighted by Crippen LogP contribution is 2.34. The van der Waals surface area contributed by atoms with E-state index in [4.69, 9.17) is 0 Å². The lowest BCUT2D eigenvalue weighted by Crippen LogP contribution is -1.81. The fraction of sp³-hybridized carbons (Fsp3) is 0.0625. The Hall–Kier alpha value is -1.93. The van der Waals surface area contributed by atoms with E-state index in [1.54, 1.807) is 18.4 Å². The van der Waals surface area contributed by atoms with Crippen LogP contribution in [0, 0.1) is 0 Å². The minimum Gasteiger partial charge on any atom is -0.296 e. The van der Waals surface area contributed by atoms with Crippen molar-refractivity contribution in [1.82, 2.24) is 0 Å². The van der Waals surface area contributed by atoms with Crippen LogP contribution in [0.15, 0.2) is 48.0 Å². The third kappa shape index (κ3) is 1.66. The lowest BCUT2D eigenvalue weighted by atomic mass is 10.1. The van der Waals surface area contributed by atoms with Crippen molar-refractivity contribution in [2.45, 2.75) is 0 Å². The summed E-state index contributed by atoms with van der Waals surface area (Å²) < 4.78 is 1.29. The van der Waals surface area contributed by atoms with Crippen molar-refractivity contribution in [2.24, 2.45) is 4.99 Å². The molecule has 0 aliphatic carbocycles. The van der Waals surface area contributed by atoms with Crippen LogP contribution >= 0.6 is 11.3 Å². The number of hydrogen-bond donors (Lipinski definition) is 0. The Morgan fingerprint density at radius 1 is 1.17 bits per heavy atom. The predicted octanol–water partition coefficient (Wildman–Crippen LogP) is 4.75. The number of fused-ring (bicyclic) bond motifs is 2. The molecule has 3 rings (SSSR count). The molecule has 0 saturated heterocycles. The molecular formula is C16H13NS. The Kier molecular flexibility index (Phi) is 2.73. The summed E-state index contributed by atoms with van der Waals surface area (Å²) in [5.74, 6) is 0. The Bertz CT molecular complexity index is 765. The van der Waals surface area contributed by atoms with Crippen molar-refractivity contribution in [3.8, 4) is 0 Å². The third-order valence-corrected chi connectivity index (χ3v) is 4.23. The smallest absolute Gasteiger partial charge is 0.0364 e. The van der Waals surface area contributed by atoms with Gasteiger partial charge in [-0.1, -0.05) is 36.9 Å². The van der Waals surface area contributed by atoms with Gasteiger partial charge in [-0.25, -0.2) is 0 Å². The minimum absolute atomic E-state index is 1.18. The summed E-state index contributed by atoms with van der Waals surface area (Å²) in [5.41, 5.74) is 1.18. The Balaban J connectivity index is 2.44. The van der Waals surface area contributed by atoms with Gasteiger partial charge in [0.1, 0.15) is 0 Å². The lowest BCUT2D eigenvalue weighted by Gasteiger charge is -1.98. The first-order valence-corrected chi connectivity index (χ1v) is 6.65. The van der Waals surface area contributed by atoms with E-state index in [9.17, 15) is 0 Å². The van der Waals surface area contributed by atoms with Crippen LogP contribution in [0.5, 0.6) is 0 Å². The average Bonchev–Trinajstić information content (AvgIpc) is 2.74. The molecule has 18 heavy (non-hydrogen) atoms. The Morgan fingerprint density at radius 2 is 1.89 bits per heavy atom. The van der Waals surface area contributed by atoms with Crippen molar-refractivity contribution in [3.05, 3.63) is 53.4 Å². The number of aliphatic imine (C=N–C) groups is 1. The molecular weight excluding hydrogens is 238 g/mol. The lowest BCUT2D eigenvalue weighted by molar-refractivity contribution is 1.47. The first-order chi connectivity index (χ1) is 8.83. The fourth-order valence-electron chi connectivity index (χ4n) is 2.23. The van der Waals surface area contributed by atoms with Crippen LogP contribution in [0.25, 0.3) is 26.9 Å². The normalized spacial score (nSPS) is 11.6. The van der Waals surface area contributed by atoms with Gasteiger partial charge in [-0.05, 0) is 22.9 Å². The second-order valence-electron chi connectivity index (χ2n) is 4.17. The van der Waals surface area contributed by atoms with E-state index in [0.29, 0.717) is 0 Å². The Labute approximate surface area is 110 Å². The fourth-order valence-corrected chi connectivity index (χ4v) is 3.29. The van der Waals surface area contributed by atoms with Gasteiger partial charge in [0.15, 0.2) is 0 Å². The van der Waals surface area contributed by atoms with E-state index in [2.05, 4.69) is 48.0 Å². The van der Waals surface area contributed by atoms with E-state index < -0.39 is 0 Å². The van der Waals surface area contributed by atoms with Crippen molar-refractivity contribution >= 4 is 44.5 Å². The maximum Gasteiger partial charge on any atom is 0.0364 e. The van der Waals surface area contributed by atoms with Gasteiger partial charge < -0.3 is 0 Å². The molecule has 2 aromatic carbocycles. The molecule has 0 saturated carbocycles. The highest BCUT2D eigenvalue weighted by atomic mass is 32.1. The monoisotopic (exact) mass is 251 g/mol. The van der Waals surface area contributed by atoms with E-state index in [1.165, 1.54) is 31.3 Å². The minimum atomic E-state index is 1.18. The van der Waals surface area contributed by atoms with E-state index in [0.717, 1.165) is 0 Å². The maximum absolute atomic E-state index is 4.15. The van der Waals surface area contributed by atoms with Gasteiger partial charge in [-0.3, -0.25) is 4.99 Å². The van der Waals surface area contributed by atoms with Crippen LogP contribution in [0.4, 0.5) is 0 Å². The molecule has 0 unspecified atom stereocenters. The number of rotatable bonds is 2. The molecule has 1 aromatic heterocycles. The first kappa shape index (κ1) is 11.2. The van der Waals surface area contributed by atoms with Gasteiger partial charge in [-0.2, -0.15) is 0 Å². The maximum atomic E-state index is 4.15. The van der Waals surface area contributed by atoms with Gasteiger partial charge in [0, 0.05) is 33.8 Å². The molecule has 1 heterocycles. The van der Waals surface area contributed by atoms with Gasteiger partial charge in [0.25, 0.3) is 0 Å². The van der Waals surface area contributed by atoms with E-state index in [-0.39, 0.29) is 0 Å². The highest BCUT2D eigenvalue weighted by molar-refractivity contribution is 7.20. The number of thiophene rings is 1. The number of benzene rings is 2. The highest BCUT2D eigenvalue weighted by Gasteiger charge is 2.09. The largest absolute Gasteiger partial charge is 0.296 e. The third-order valence-electron chi connectivity index (χ3n) is 3.07. The van der Waals surface area contributed by atoms with E-state index in [1.807, 2.05) is 12.3 Å². The summed E-state index contributed by atoms with van der Waals surface area (Å²) >= 11 is 1.77. The van der Waals surface area contributed by atoms with Crippen LogP contribution in [-0.4, -0.2) is 13.3 Å². The van der Waals surface area contributed by atoms with Gasteiger partial charge in [0.05, 0.1) is 0 Å². The molecule has 0 bridgehead atoms. The second kappa shape index (κ2) is 4.39. The summed E-state index contributed by atoms with van der Waals surface area (Å²) in [6, 6.07) is 12.9. The predicted molar refractivity (Wildman–Crippen MR) is 82.9 cm³/mol. The topological polar surface area (TPSA) is 12.4 Å². The van der Waals surface area contributed by atoms with Crippen molar-refractivity contribution in [2.75, 3.05) is 7.05 Å². The van der Waals surface area contributed by atoms with Crippen molar-refractivity contribution in [1.29, 1.82) is 0 Å². The summed E-state index contributed by atoms with van der Waals surface area (Å²) in [6.45, 7) is 3.89. The molecule has 88 valence electrons. The molecule has 0 N–H and O–H groups in total. The van der Waals surface area contributed by atoms with Crippen LogP contribution in [0.3, 0.4) is 0 Å². The zero-order valence-corrected chi connectivity index (χ0v) is 11.0. The zero-order valence-electron chi connectivity index (χ0n) is 10.2. The first-order valence-electron chi connectivity index (χ1n) is 5.83. The quantitative estimate of drug-likeness (QED) is 0.583. The van der Waals surface area contributed by atoms with Crippen LogP contribution in [-0.2, 0) is 0 Å². The SMILES string of the molecule is C=Cc1sc2cc3ccccc3cc2c1C=NC. The molecule has 0 spiro atoms. The summed E-state index contributed by atoms with van der Waals surface area (Å²) in [4.78, 5) is 5.34. The molecule has 0 aliphatic rings. The van der Waals surface area contributed by atoms with Crippen LogP contribution in [0.1, 0.15) is 10.4 Å². The summed E-state index contributed by atoms with van der Waals surface area (Å²) in [5, 5.41) is 3.81. The molecule has 2 heteroatoms. The molecule has 0 aliphatic heterocycles. The molecule has 1 nitrogen and oxygen atoms in total. The second-order valence-corrected chi connectivity index (χ2v) is 5.25. The Morgan fingerprint density at radius 3 is 2.56 bits per heavy atom. The van der Waals surface area contributed by atoms with Crippen molar-refractivity contribution in [3.63, 3.8) is 0 Å². The summed E-state index contributed by atoms with van der Waals surface area (Å²) in [7, 11) is 1.80. The average molecular weight is 251 g/mol. The molecule has 0 radical (unpaired) electrons. The van der Waals surface area contributed by atoms with Crippen molar-refractivity contribution < 1.29 is 0 Å². The van der Waals surface area contributed by atoms with Crippen LogP contribution in [0.2, 0.25) is 0 Å². The number of hydrogen-bond acceptors (Lipinski definition) is 2. The molecule has 0 amide bonds. The molecule has 3 aromatic rings. The molecule has 0 atom stereocenters. The summed E-state index contributed by atoms with van der Waals surface area (Å²) in [6.07, 6.45) is 3.83. The number of nitrogens with zero attached hydrogens (tertiary/aromatic N) is 1. The van der Waals surface area contributed by atoms with Gasteiger partial charge in [0.2, 0.25) is 0 Å². The van der Waals surface area contributed by atoms with Gasteiger partial charge >= 0.3 is 0 Å². The standard InChI is InChI=1S/C16H13NS/c1-3-15-14(10-17-2)13-8-11-6-4-5-7-12(11)9-16(13)18-15/h3-10H,1H2,2H3.